The van der Waals surface area contributed by atoms with Crippen molar-refractivity contribution in [1.29, 1.82) is 0 Å². The van der Waals surface area contributed by atoms with Crippen LogP contribution in [0.4, 0.5) is 26.0 Å². The number of hydrogen-bond donors (Lipinski definition) is 1. The topological polar surface area (TPSA) is 129 Å². The average Bonchev–Trinajstić information content (AvgIpc) is 3.44. The summed E-state index contributed by atoms with van der Waals surface area (Å²) in [4.78, 5) is 59.8. The number of aromatic nitrogens is 4. The van der Waals surface area contributed by atoms with Crippen molar-refractivity contribution in [3.8, 4) is 5.69 Å². The fraction of sp³-hybridized carbons (Fsp3) is 0.395. The Morgan fingerprint density at radius 1 is 0.898 bits per heavy atom. The van der Waals surface area contributed by atoms with Crippen molar-refractivity contribution in [2.75, 3.05) is 74.2 Å². The summed E-state index contributed by atoms with van der Waals surface area (Å²) in [7, 11) is 1.72. The molecule has 306 valence electrons. The molecular formula is C43H44ClF2N9O4. The highest BCUT2D eigenvalue weighted by Gasteiger charge is 2.40. The van der Waals surface area contributed by atoms with Gasteiger partial charge < -0.3 is 19.4 Å². The molecule has 0 saturated carbocycles. The number of imide groups is 1. The number of fused-ring (bicyclic) bond motifs is 5. The minimum absolute atomic E-state index is 0.0419. The number of piperazine rings is 2. The van der Waals surface area contributed by atoms with E-state index in [9.17, 15) is 14.4 Å². The fourth-order valence-corrected chi connectivity index (χ4v) is 9.43. The molecule has 59 heavy (non-hydrogen) atoms. The van der Waals surface area contributed by atoms with Crippen LogP contribution in [0.3, 0.4) is 0 Å². The zero-order valence-electron chi connectivity index (χ0n) is 33.1. The quantitative estimate of drug-likeness (QED) is 0.214. The van der Waals surface area contributed by atoms with Gasteiger partial charge in [-0.1, -0.05) is 23.7 Å². The highest BCUT2D eigenvalue weighted by molar-refractivity contribution is 6.35. The molecule has 0 radical (unpaired) electrons. The van der Waals surface area contributed by atoms with Crippen LogP contribution in [-0.4, -0.2) is 102 Å². The number of nitrogens with zero attached hydrogens (tertiary/aromatic N) is 8. The molecule has 3 aromatic carbocycles. The molecule has 3 saturated heterocycles. The van der Waals surface area contributed by atoms with Gasteiger partial charge in [0.2, 0.25) is 11.8 Å². The van der Waals surface area contributed by atoms with E-state index < -0.39 is 34.8 Å². The van der Waals surface area contributed by atoms with Crippen molar-refractivity contribution in [3.05, 3.63) is 111 Å². The number of benzene rings is 3. The number of nitrogens with one attached hydrogen (secondary N) is 1. The molecule has 0 spiro atoms. The van der Waals surface area contributed by atoms with Gasteiger partial charge in [-0.3, -0.25) is 34.2 Å². The number of anilines is 3. The zero-order chi connectivity index (χ0) is 41.2. The van der Waals surface area contributed by atoms with Gasteiger partial charge in [0.25, 0.3) is 5.56 Å². The van der Waals surface area contributed by atoms with Crippen LogP contribution in [0, 0.1) is 11.6 Å². The predicted octanol–water partition coefficient (Wildman–Crippen LogP) is 4.93. The van der Waals surface area contributed by atoms with Crippen LogP contribution in [0.2, 0.25) is 5.02 Å². The second-order valence-corrected chi connectivity index (χ2v) is 16.6. The number of hydrogen-bond acceptors (Lipinski definition) is 11. The van der Waals surface area contributed by atoms with Crippen LogP contribution in [0.15, 0.2) is 65.7 Å². The Hall–Kier alpha value is -5.51. The lowest BCUT2D eigenvalue weighted by molar-refractivity contribution is -0.134. The first kappa shape index (κ1) is 39.0. The largest absolute Gasteiger partial charge is 0.383 e. The third kappa shape index (κ3) is 6.98. The molecule has 1 N–H and O–H groups in total. The maximum absolute atomic E-state index is 15.2. The molecule has 2 aromatic heterocycles. The molecule has 2 amide bonds. The number of ether oxygens (including phenoxy) is 1. The number of piperidine rings is 1. The van der Waals surface area contributed by atoms with E-state index >= 15 is 8.78 Å². The average molecular weight is 824 g/mol. The molecule has 4 aliphatic rings. The first-order valence-corrected chi connectivity index (χ1v) is 20.3. The van der Waals surface area contributed by atoms with Gasteiger partial charge in [-0.05, 0) is 62.2 Å². The summed E-state index contributed by atoms with van der Waals surface area (Å²) < 4.78 is 38.2. The van der Waals surface area contributed by atoms with E-state index in [0.29, 0.717) is 61.3 Å². The van der Waals surface area contributed by atoms with Gasteiger partial charge in [0, 0.05) is 82.8 Å². The molecular weight excluding hydrogens is 780 g/mol. The van der Waals surface area contributed by atoms with Gasteiger partial charge in [-0.25, -0.2) is 13.8 Å². The highest BCUT2D eigenvalue weighted by Crippen LogP contribution is 2.44. The smallest absolute Gasteiger partial charge is 0.282 e. The lowest BCUT2D eigenvalue weighted by Gasteiger charge is -2.42. The van der Waals surface area contributed by atoms with Gasteiger partial charge in [-0.15, -0.1) is 0 Å². The molecule has 9 rings (SSSR count). The van der Waals surface area contributed by atoms with Crippen LogP contribution in [-0.2, 0) is 26.3 Å². The SMILES string of the molecule is COC[C@@H]1CN(c2ccc3c(c2)-n2c(nc(=O)c4c(Cl)cccc42)C3(C)C)CCN1Cc1cnc(N2CCN(c3cc(F)c(C4CCC(=O)NC4=O)c(F)c3)CC2)cn1. The summed E-state index contributed by atoms with van der Waals surface area (Å²) in [6.45, 7) is 9.81. The summed E-state index contributed by atoms with van der Waals surface area (Å²) in [5.41, 5.74) is 4.08. The molecule has 5 aromatic rings. The van der Waals surface area contributed by atoms with E-state index in [2.05, 4.69) is 61.6 Å². The third-order valence-corrected chi connectivity index (χ3v) is 12.6. The van der Waals surface area contributed by atoms with Crippen molar-refractivity contribution in [2.45, 2.75) is 50.6 Å². The molecule has 0 bridgehead atoms. The minimum Gasteiger partial charge on any atom is -0.383 e. The van der Waals surface area contributed by atoms with Gasteiger partial charge >= 0.3 is 0 Å². The van der Waals surface area contributed by atoms with Crippen molar-refractivity contribution in [3.63, 3.8) is 0 Å². The lowest BCUT2D eigenvalue weighted by atomic mass is 9.85. The first-order valence-electron chi connectivity index (χ1n) is 19.9. The Morgan fingerprint density at radius 2 is 1.64 bits per heavy atom. The van der Waals surface area contributed by atoms with E-state index in [1.54, 1.807) is 19.4 Å². The van der Waals surface area contributed by atoms with Crippen molar-refractivity contribution >= 4 is 51.5 Å². The highest BCUT2D eigenvalue weighted by atomic mass is 35.5. The molecule has 16 heteroatoms. The van der Waals surface area contributed by atoms with E-state index in [-0.39, 0.29) is 30.0 Å². The van der Waals surface area contributed by atoms with Crippen molar-refractivity contribution in [1.82, 2.24) is 29.7 Å². The number of carbonyl (C=O) groups excluding carboxylic acids is 2. The van der Waals surface area contributed by atoms with Gasteiger partial charge in [-0.2, -0.15) is 4.98 Å². The Kier molecular flexibility index (Phi) is 10.1. The maximum atomic E-state index is 15.2. The zero-order valence-corrected chi connectivity index (χ0v) is 33.8. The molecule has 2 atom stereocenters. The maximum Gasteiger partial charge on any atom is 0.282 e. The number of rotatable bonds is 8. The van der Waals surface area contributed by atoms with Gasteiger partial charge in [0.05, 0.1) is 63.7 Å². The standard InChI is InChI=1S/C43H44ClF2N9O4/c1-43(2)30-9-7-26(19-35(30)55-34-6-4-5-31(44)39(34)41(58)50-42(43)55)54-16-15-53(28(23-54)24-59-3)22-25-20-48-36(21-47-25)52-13-11-51(12-14-52)27-17-32(45)38(33(46)18-27)29-8-10-37(56)49-40(29)57/h4-7,9,17-21,28-29H,8,10-16,22-24H2,1-3H3,(H,49,56,57)/t28-,29?/m0/s1. The summed E-state index contributed by atoms with van der Waals surface area (Å²) in [5, 5.41) is 2.99. The normalized spacial score (nSPS) is 20.5. The predicted molar refractivity (Wildman–Crippen MR) is 221 cm³/mol. The molecule has 4 aliphatic heterocycles. The van der Waals surface area contributed by atoms with E-state index in [0.717, 1.165) is 53.6 Å². The van der Waals surface area contributed by atoms with Crippen molar-refractivity contribution < 1.29 is 23.1 Å². The summed E-state index contributed by atoms with van der Waals surface area (Å²) in [6, 6.07) is 14.6. The van der Waals surface area contributed by atoms with E-state index in [4.69, 9.17) is 26.3 Å². The van der Waals surface area contributed by atoms with Crippen LogP contribution in [0.25, 0.3) is 16.6 Å². The molecule has 0 aliphatic carbocycles. The third-order valence-electron chi connectivity index (χ3n) is 12.3. The second-order valence-electron chi connectivity index (χ2n) is 16.2. The van der Waals surface area contributed by atoms with Crippen LogP contribution < -0.4 is 25.6 Å². The number of amides is 2. The summed E-state index contributed by atoms with van der Waals surface area (Å²) in [6.07, 6.45) is 3.71. The van der Waals surface area contributed by atoms with Gasteiger partial charge in [0.15, 0.2) is 0 Å². The Labute approximate surface area is 344 Å². The Balaban J connectivity index is 0.849. The number of methoxy groups -OCH3 is 1. The van der Waals surface area contributed by atoms with Crippen LogP contribution in [0.5, 0.6) is 0 Å². The number of halogens is 3. The second kappa shape index (κ2) is 15.3. The fourth-order valence-electron chi connectivity index (χ4n) is 9.18. The molecule has 6 heterocycles. The van der Waals surface area contributed by atoms with Crippen LogP contribution in [0.1, 0.15) is 55.3 Å². The lowest BCUT2D eigenvalue weighted by Crippen LogP contribution is -2.54. The summed E-state index contributed by atoms with van der Waals surface area (Å²) >= 11 is 6.51. The molecule has 3 fully saturated rings. The first-order chi connectivity index (χ1) is 28.4. The molecule has 1 unspecified atom stereocenters. The van der Waals surface area contributed by atoms with E-state index in [1.165, 1.54) is 12.1 Å². The van der Waals surface area contributed by atoms with Crippen molar-refractivity contribution in [2.24, 2.45) is 0 Å². The molecule has 13 nitrogen and oxygen atoms in total. The monoisotopic (exact) mass is 823 g/mol. The Bertz CT molecular complexity index is 2520. The van der Waals surface area contributed by atoms with Gasteiger partial charge in [0.1, 0.15) is 23.3 Å². The Morgan fingerprint density at radius 3 is 2.36 bits per heavy atom. The number of carbonyl (C=O) groups is 2. The van der Waals surface area contributed by atoms with E-state index in [1.807, 2.05) is 23.2 Å². The minimum atomic E-state index is -1.03. The summed E-state index contributed by atoms with van der Waals surface area (Å²) in [5.74, 6) is -2.29. The van der Waals surface area contributed by atoms with Crippen LogP contribution >= 0.6 is 11.6 Å².